The molecule has 1 aromatic heterocycles. The van der Waals surface area contributed by atoms with Gasteiger partial charge in [0.1, 0.15) is 0 Å². The Morgan fingerprint density at radius 3 is 2.41 bits per heavy atom. The molecule has 17 heavy (non-hydrogen) atoms. The molecule has 0 amide bonds. The van der Waals surface area contributed by atoms with E-state index in [1.165, 1.54) is 0 Å². The highest BCUT2D eigenvalue weighted by Gasteiger charge is 2.20. The van der Waals surface area contributed by atoms with Crippen molar-refractivity contribution in [1.29, 1.82) is 0 Å². The Morgan fingerprint density at radius 2 is 2.06 bits per heavy atom. The van der Waals surface area contributed by atoms with Gasteiger partial charge in [-0.1, -0.05) is 6.92 Å². The maximum absolute atomic E-state index is 9.87. The van der Waals surface area contributed by atoms with E-state index in [2.05, 4.69) is 32.9 Å². The smallest absolute Gasteiger partial charge is 0.0739 e. The Kier molecular flexibility index (Phi) is 4.75. The predicted molar refractivity (Wildman–Crippen MR) is 72.9 cm³/mol. The van der Waals surface area contributed by atoms with Gasteiger partial charge in [-0.05, 0) is 43.2 Å². The summed E-state index contributed by atoms with van der Waals surface area (Å²) in [4.78, 5) is 2.21. The van der Waals surface area contributed by atoms with Gasteiger partial charge in [0.2, 0.25) is 0 Å². The van der Waals surface area contributed by atoms with Crippen LogP contribution >= 0.6 is 15.9 Å². The van der Waals surface area contributed by atoms with E-state index in [-0.39, 0.29) is 0 Å². The second kappa shape index (κ2) is 5.50. The summed E-state index contributed by atoms with van der Waals surface area (Å²) in [6.45, 7) is 10.1. The van der Waals surface area contributed by atoms with Crippen molar-refractivity contribution in [2.75, 3.05) is 13.1 Å². The summed E-state index contributed by atoms with van der Waals surface area (Å²) in [5.41, 5.74) is 1.48. The van der Waals surface area contributed by atoms with Crippen molar-refractivity contribution in [2.45, 2.75) is 39.8 Å². The van der Waals surface area contributed by atoms with Gasteiger partial charge < -0.3 is 5.11 Å². The molecule has 0 saturated heterocycles. The fourth-order valence-electron chi connectivity index (χ4n) is 1.89. The van der Waals surface area contributed by atoms with Gasteiger partial charge in [-0.3, -0.25) is 9.58 Å². The first-order chi connectivity index (χ1) is 7.74. The maximum Gasteiger partial charge on any atom is 0.0739 e. The minimum atomic E-state index is -0.671. The van der Waals surface area contributed by atoms with Crippen molar-refractivity contribution in [3.63, 3.8) is 0 Å². The molecular formula is C12H22BrN3O. The minimum Gasteiger partial charge on any atom is -0.389 e. The predicted octanol–water partition coefficient (Wildman–Crippen LogP) is 2.08. The molecule has 4 nitrogen and oxygen atoms in total. The number of likely N-dealkylation sites (N-methyl/N-ethyl adjacent to an activating group) is 1. The summed E-state index contributed by atoms with van der Waals surface area (Å²) in [7, 11) is 1.95. The van der Waals surface area contributed by atoms with Gasteiger partial charge in [0.15, 0.2) is 0 Å². The lowest BCUT2D eigenvalue weighted by Gasteiger charge is -2.28. The van der Waals surface area contributed by atoms with Gasteiger partial charge in [-0.15, -0.1) is 0 Å². The second-order valence-corrected chi connectivity index (χ2v) is 5.88. The number of nitrogens with zero attached hydrogens (tertiary/aromatic N) is 3. The van der Waals surface area contributed by atoms with E-state index in [9.17, 15) is 5.11 Å². The highest BCUT2D eigenvalue weighted by atomic mass is 79.9. The number of hydrogen-bond donors (Lipinski definition) is 1. The molecule has 1 heterocycles. The van der Waals surface area contributed by atoms with E-state index in [0.29, 0.717) is 6.54 Å². The molecule has 0 atom stereocenters. The highest BCUT2D eigenvalue weighted by molar-refractivity contribution is 9.10. The molecule has 0 fully saturated rings. The highest BCUT2D eigenvalue weighted by Crippen LogP contribution is 2.22. The van der Waals surface area contributed by atoms with Crippen molar-refractivity contribution < 1.29 is 5.11 Å². The number of rotatable bonds is 5. The molecular weight excluding hydrogens is 282 g/mol. The molecule has 0 saturated carbocycles. The summed E-state index contributed by atoms with van der Waals surface area (Å²) < 4.78 is 2.96. The third-order valence-electron chi connectivity index (χ3n) is 2.69. The molecule has 0 aromatic carbocycles. The van der Waals surface area contributed by atoms with Crippen LogP contribution in [0.15, 0.2) is 4.47 Å². The van der Waals surface area contributed by atoms with Gasteiger partial charge in [-0.2, -0.15) is 5.10 Å². The molecule has 0 aliphatic carbocycles. The number of aromatic nitrogens is 2. The lowest BCUT2D eigenvalue weighted by atomic mass is 10.1. The Morgan fingerprint density at radius 1 is 1.47 bits per heavy atom. The Bertz CT molecular complexity index is 382. The van der Waals surface area contributed by atoms with Crippen LogP contribution in [-0.4, -0.2) is 38.5 Å². The van der Waals surface area contributed by atoms with Gasteiger partial charge in [-0.25, -0.2) is 0 Å². The second-order valence-electron chi connectivity index (χ2n) is 5.09. The quantitative estimate of drug-likeness (QED) is 0.905. The summed E-state index contributed by atoms with van der Waals surface area (Å²) in [6, 6.07) is 0. The van der Waals surface area contributed by atoms with E-state index in [4.69, 9.17) is 0 Å². The van der Waals surface area contributed by atoms with Crippen molar-refractivity contribution in [1.82, 2.24) is 14.7 Å². The van der Waals surface area contributed by atoms with Crippen LogP contribution in [0, 0.1) is 6.92 Å². The van der Waals surface area contributed by atoms with Crippen molar-refractivity contribution in [3.8, 4) is 0 Å². The molecule has 1 rings (SSSR count). The average Bonchev–Trinajstić information content (AvgIpc) is 2.42. The number of hydrogen-bond acceptors (Lipinski definition) is 3. The lowest BCUT2D eigenvalue weighted by molar-refractivity contribution is 0.0345. The summed E-state index contributed by atoms with van der Waals surface area (Å²) >= 11 is 3.57. The fraction of sp³-hybridized carbons (Fsp3) is 0.750. The Balaban J connectivity index is 2.81. The van der Waals surface area contributed by atoms with E-state index in [1.807, 2.05) is 32.5 Å². The van der Waals surface area contributed by atoms with Crippen LogP contribution in [0.2, 0.25) is 0 Å². The molecule has 0 radical (unpaired) electrons. The molecule has 5 heteroatoms. The standard InChI is InChI=1S/C12H22BrN3O/c1-6-16(8-12(3,4)17)7-10-11(13)9(2)14-15(10)5/h17H,6-8H2,1-5H3. The molecule has 98 valence electrons. The zero-order chi connectivity index (χ0) is 13.2. The molecule has 0 bridgehead atoms. The summed E-state index contributed by atoms with van der Waals surface area (Å²) in [5.74, 6) is 0. The molecule has 0 spiro atoms. The van der Waals surface area contributed by atoms with Crippen molar-refractivity contribution >= 4 is 15.9 Å². The lowest BCUT2D eigenvalue weighted by Crippen LogP contribution is -2.38. The molecule has 0 aliphatic heterocycles. The normalized spacial score (nSPS) is 12.5. The van der Waals surface area contributed by atoms with Crippen LogP contribution in [-0.2, 0) is 13.6 Å². The monoisotopic (exact) mass is 303 g/mol. The maximum atomic E-state index is 9.87. The number of halogens is 1. The average molecular weight is 304 g/mol. The van der Waals surface area contributed by atoms with Gasteiger partial charge in [0.25, 0.3) is 0 Å². The van der Waals surface area contributed by atoms with E-state index < -0.39 is 5.60 Å². The van der Waals surface area contributed by atoms with E-state index in [0.717, 1.165) is 29.0 Å². The topological polar surface area (TPSA) is 41.3 Å². The van der Waals surface area contributed by atoms with Gasteiger partial charge >= 0.3 is 0 Å². The van der Waals surface area contributed by atoms with E-state index in [1.54, 1.807) is 0 Å². The Hall–Kier alpha value is -0.390. The first-order valence-corrected chi connectivity index (χ1v) is 6.66. The van der Waals surface area contributed by atoms with Crippen molar-refractivity contribution in [3.05, 3.63) is 15.9 Å². The van der Waals surface area contributed by atoms with Crippen LogP contribution in [0.1, 0.15) is 32.2 Å². The summed E-state index contributed by atoms with van der Waals surface area (Å²) in [5, 5.41) is 14.2. The third-order valence-corrected chi connectivity index (χ3v) is 3.72. The van der Waals surface area contributed by atoms with Gasteiger partial charge in [0, 0.05) is 20.1 Å². The van der Waals surface area contributed by atoms with Crippen LogP contribution < -0.4 is 0 Å². The van der Waals surface area contributed by atoms with E-state index >= 15 is 0 Å². The van der Waals surface area contributed by atoms with Crippen LogP contribution in [0.25, 0.3) is 0 Å². The molecule has 1 N–H and O–H groups in total. The van der Waals surface area contributed by atoms with Crippen molar-refractivity contribution in [2.24, 2.45) is 7.05 Å². The fourth-order valence-corrected chi connectivity index (χ4v) is 2.35. The zero-order valence-corrected chi connectivity index (χ0v) is 12.9. The minimum absolute atomic E-state index is 0.653. The summed E-state index contributed by atoms with van der Waals surface area (Å²) in [6.07, 6.45) is 0. The van der Waals surface area contributed by atoms with Gasteiger partial charge in [0.05, 0.1) is 21.5 Å². The van der Waals surface area contributed by atoms with Crippen LogP contribution in [0.3, 0.4) is 0 Å². The number of aryl methyl sites for hydroxylation is 2. The Labute approximate surface area is 112 Å². The zero-order valence-electron chi connectivity index (χ0n) is 11.3. The van der Waals surface area contributed by atoms with Crippen LogP contribution in [0.4, 0.5) is 0 Å². The SMILES string of the molecule is CCN(Cc1c(Br)c(C)nn1C)CC(C)(C)O. The molecule has 0 unspecified atom stereocenters. The number of aliphatic hydroxyl groups is 1. The third kappa shape index (κ3) is 4.08. The van der Waals surface area contributed by atoms with Crippen LogP contribution in [0.5, 0.6) is 0 Å². The first kappa shape index (κ1) is 14.7. The first-order valence-electron chi connectivity index (χ1n) is 5.87. The molecule has 1 aromatic rings. The largest absolute Gasteiger partial charge is 0.389 e. The molecule has 0 aliphatic rings.